The van der Waals surface area contributed by atoms with Crippen LogP contribution in [0.3, 0.4) is 0 Å². The molecule has 0 aliphatic heterocycles. The van der Waals surface area contributed by atoms with Crippen molar-refractivity contribution in [3.05, 3.63) is 34.6 Å². The van der Waals surface area contributed by atoms with Crippen LogP contribution in [0, 0.1) is 23.1 Å². The number of nitrogens with zero attached hydrogens (tertiary/aromatic N) is 1. The zero-order valence-corrected chi connectivity index (χ0v) is 9.67. The summed E-state index contributed by atoms with van der Waals surface area (Å²) in [5, 5.41) is 11.2. The van der Waals surface area contributed by atoms with Crippen molar-refractivity contribution in [1.29, 1.82) is 5.26 Å². The van der Waals surface area contributed by atoms with Crippen molar-refractivity contribution in [1.82, 2.24) is 5.32 Å². The van der Waals surface area contributed by atoms with Crippen LogP contribution in [0.25, 0.3) is 0 Å². The highest BCUT2D eigenvalue weighted by molar-refractivity contribution is 6.34. The van der Waals surface area contributed by atoms with Gasteiger partial charge in [0.05, 0.1) is 16.7 Å². The first kappa shape index (κ1) is 11.9. The third-order valence-corrected chi connectivity index (χ3v) is 3.10. The van der Waals surface area contributed by atoms with Crippen molar-refractivity contribution in [2.75, 3.05) is 0 Å². The van der Waals surface area contributed by atoms with Gasteiger partial charge in [0.2, 0.25) is 0 Å². The monoisotopic (exact) mass is 252 g/mol. The zero-order chi connectivity index (χ0) is 12.4. The minimum absolute atomic E-state index is 0.0626. The van der Waals surface area contributed by atoms with Gasteiger partial charge in [-0.1, -0.05) is 17.7 Å². The van der Waals surface area contributed by atoms with Crippen LogP contribution < -0.4 is 5.32 Å². The van der Waals surface area contributed by atoms with Crippen molar-refractivity contribution in [3.63, 3.8) is 0 Å². The molecule has 17 heavy (non-hydrogen) atoms. The van der Waals surface area contributed by atoms with Gasteiger partial charge >= 0.3 is 0 Å². The van der Waals surface area contributed by atoms with Crippen LogP contribution in [-0.2, 0) is 0 Å². The Morgan fingerprint density at radius 2 is 2.29 bits per heavy atom. The van der Waals surface area contributed by atoms with Crippen LogP contribution >= 0.6 is 11.6 Å². The molecule has 0 saturated heterocycles. The standard InChI is InChI=1S/C12H10ClFN2O/c13-11-8(2-1-3-9(11)14)12(17)16-10(6-15)7-4-5-7/h1-3,7,10H,4-5H2,(H,16,17)/t10-/m1/s1. The van der Waals surface area contributed by atoms with Gasteiger partial charge in [-0.2, -0.15) is 5.26 Å². The second-order valence-electron chi connectivity index (χ2n) is 4.02. The second-order valence-corrected chi connectivity index (χ2v) is 4.40. The summed E-state index contributed by atoms with van der Waals surface area (Å²) < 4.78 is 13.2. The largest absolute Gasteiger partial charge is 0.336 e. The number of carbonyl (C=O) groups is 1. The van der Waals surface area contributed by atoms with Gasteiger partial charge in [-0.25, -0.2) is 4.39 Å². The maximum atomic E-state index is 13.2. The molecule has 1 fully saturated rings. The minimum atomic E-state index is -0.640. The van der Waals surface area contributed by atoms with E-state index in [0.29, 0.717) is 0 Å². The second kappa shape index (κ2) is 4.72. The lowest BCUT2D eigenvalue weighted by molar-refractivity contribution is 0.0941. The maximum absolute atomic E-state index is 13.2. The van der Waals surface area contributed by atoms with E-state index in [1.165, 1.54) is 18.2 Å². The fraction of sp³-hybridized carbons (Fsp3) is 0.333. The molecule has 1 aliphatic carbocycles. The van der Waals surface area contributed by atoms with E-state index in [1.807, 2.05) is 6.07 Å². The summed E-state index contributed by atoms with van der Waals surface area (Å²) in [4.78, 5) is 11.8. The zero-order valence-electron chi connectivity index (χ0n) is 8.91. The van der Waals surface area contributed by atoms with Gasteiger partial charge in [-0.15, -0.1) is 0 Å². The highest BCUT2D eigenvalue weighted by atomic mass is 35.5. The molecule has 1 amide bonds. The van der Waals surface area contributed by atoms with E-state index in [-0.39, 0.29) is 16.5 Å². The lowest BCUT2D eigenvalue weighted by Gasteiger charge is -2.11. The van der Waals surface area contributed by atoms with Crippen molar-refractivity contribution >= 4 is 17.5 Å². The normalized spacial score (nSPS) is 16.1. The number of hydrogen-bond acceptors (Lipinski definition) is 2. The Hall–Kier alpha value is -1.60. The topological polar surface area (TPSA) is 52.9 Å². The molecule has 1 N–H and O–H groups in total. The number of halogens is 2. The molecule has 0 aromatic heterocycles. The van der Waals surface area contributed by atoms with Gasteiger partial charge < -0.3 is 5.32 Å². The SMILES string of the molecule is N#C[C@@H](NC(=O)c1cccc(F)c1Cl)C1CC1. The van der Waals surface area contributed by atoms with E-state index < -0.39 is 17.8 Å². The maximum Gasteiger partial charge on any atom is 0.253 e. The Balaban J connectivity index is 2.14. The van der Waals surface area contributed by atoms with Crippen LogP contribution in [0.2, 0.25) is 5.02 Å². The first-order chi connectivity index (χ1) is 8.13. The first-order valence-electron chi connectivity index (χ1n) is 5.28. The molecule has 88 valence electrons. The summed E-state index contributed by atoms with van der Waals surface area (Å²) in [6, 6.07) is 5.54. The predicted molar refractivity (Wildman–Crippen MR) is 61.0 cm³/mol. The quantitative estimate of drug-likeness (QED) is 0.899. The predicted octanol–water partition coefficient (Wildman–Crippen LogP) is 2.51. The summed E-state index contributed by atoms with van der Waals surface area (Å²) in [5.41, 5.74) is 0.0626. The van der Waals surface area contributed by atoms with E-state index in [1.54, 1.807) is 0 Å². The molecule has 0 radical (unpaired) electrons. The van der Waals surface area contributed by atoms with Crippen molar-refractivity contribution < 1.29 is 9.18 Å². The molecule has 0 bridgehead atoms. The van der Waals surface area contributed by atoms with E-state index in [2.05, 4.69) is 5.32 Å². The molecule has 0 spiro atoms. The fourth-order valence-electron chi connectivity index (χ4n) is 1.58. The highest BCUT2D eigenvalue weighted by Crippen LogP contribution is 2.32. The van der Waals surface area contributed by atoms with Gasteiger partial charge in [-0.3, -0.25) is 4.79 Å². The molecule has 1 aliphatic rings. The van der Waals surface area contributed by atoms with Gasteiger partial charge in [0.1, 0.15) is 11.9 Å². The summed E-state index contributed by atoms with van der Waals surface area (Å²) in [7, 11) is 0. The lowest BCUT2D eigenvalue weighted by Crippen LogP contribution is -2.35. The van der Waals surface area contributed by atoms with Crippen LogP contribution in [-0.4, -0.2) is 11.9 Å². The minimum Gasteiger partial charge on any atom is -0.336 e. The molecule has 0 heterocycles. The Kier molecular flexibility index (Phi) is 3.30. The molecule has 1 aromatic rings. The van der Waals surface area contributed by atoms with E-state index in [4.69, 9.17) is 16.9 Å². The van der Waals surface area contributed by atoms with E-state index in [9.17, 15) is 9.18 Å². The molecule has 3 nitrogen and oxygen atoms in total. The van der Waals surface area contributed by atoms with Crippen molar-refractivity contribution in [2.24, 2.45) is 5.92 Å². The van der Waals surface area contributed by atoms with Crippen LogP contribution in [0.5, 0.6) is 0 Å². The van der Waals surface area contributed by atoms with Crippen molar-refractivity contribution in [3.8, 4) is 6.07 Å². The van der Waals surface area contributed by atoms with Gasteiger partial charge in [0, 0.05) is 0 Å². The van der Waals surface area contributed by atoms with E-state index >= 15 is 0 Å². The average molecular weight is 253 g/mol. The third-order valence-electron chi connectivity index (χ3n) is 2.72. The lowest BCUT2D eigenvalue weighted by atomic mass is 10.1. The summed E-state index contributed by atoms with van der Waals surface area (Å²) in [6.07, 6.45) is 1.88. The highest BCUT2D eigenvalue weighted by Gasteiger charge is 2.32. The number of amides is 1. The van der Waals surface area contributed by atoms with Crippen LogP contribution in [0.4, 0.5) is 4.39 Å². The Labute approximate surface area is 103 Å². The van der Waals surface area contributed by atoms with E-state index in [0.717, 1.165) is 12.8 Å². The summed E-state index contributed by atoms with van der Waals surface area (Å²) in [5.74, 6) is -0.927. The van der Waals surface area contributed by atoms with Gasteiger partial charge in [-0.05, 0) is 30.9 Å². The van der Waals surface area contributed by atoms with Crippen molar-refractivity contribution in [2.45, 2.75) is 18.9 Å². The molecule has 1 aromatic carbocycles. The average Bonchev–Trinajstić information content (AvgIpc) is 3.13. The third kappa shape index (κ3) is 2.56. The summed E-state index contributed by atoms with van der Waals surface area (Å²) >= 11 is 5.69. The smallest absolute Gasteiger partial charge is 0.253 e. The molecular formula is C12H10ClFN2O. The number of benzene rings is 1. The number of carbonyl (C=O) groups excluding carboxylic acids is 1. The first-order valence-corrected chi connectivity index (χ1v) is 5.65. The van der Waals surface area contributed by atoms with Crippen LogP contribution in [0.1, 0.15) is 23.2 Å². The number of hydrogen-bond donors (Lipinski definition) is 1. The molecule has 1 saturated carbocycles. The fourth-order valence-corrected chi connectivity index (χ4v) is 1.80. The van der Waals surface area contributed by atoms with Crippen LogP contribution in [0.15, 0.2) is 18.2 Å². The molecule has 1 atom stereocenters. The number of nitriles is 1. The Morgan fingerprint density at radius 3 is 2.88 bits per heavy atom. The Bertz CT molecular complexity index is 494. The number of nitrogens with one attached hydrogen (secondary N) is 1. The molecule has 5 heteroatoms. The molecular weight excluding hydrogens is 243 g/mol. The molecule has 0 unspecified atom stereocenters. The summed E-state index contributed by atoms with van der Waals surface area (Å²) in [6.45, 7) is 0. The van der Waals surface area contributed by atoms with Gasteiger partial charge in [0.15, 0.2) is 0 Å². The molecule has 2 rings (SSSR count). The van der Waals surface area contributed by atoms with Gasteiger partial charge in [0.25, 0.3) is 5.91 Å². The number of rotatable bonds is 3. The Morgan fingerprint density at radius 1 is 1.59 bits per heavy atom.